The minimum Gasteiger partial charge on any atom is -0.481 e. The first-order valence-corrected chi connectivity index (χ1v) is 7.44. The average Bonchev–Trinajstić information content (AvgIpc) is 3.29. The minimum atomic E-state index is -0.954. The van der Waals surface area contributed by atoms with Crippen LogP contribution in [0.4, 0.5) is 5.69 Å². The fourth-order valence-corrected chi connectivity index (χ4v) is 2.06. The average molecular weight is 304 g/mol. The van der Waals surface area contributed by atoms with E-state index in [0.29, 0.717) is 17.7 Å². The molecule has 1 aromatic rings. The van der Waals surface area contributed by atoms with Crippen LogP contribution in [0.2, 0.25) is 0 Å². The van der Waals surface area contributed by atoms with E-state index in [1.54, 1.807) is 24.3 Å². The number of carbonyl (C=O) groups is 3. The van der Waals surface area contributed by atoms with Crippen molar-refractivity contribution in [3.05, 3.63) is 29.8 Å². The molecule has 1 aliphatic rings. The van der Waals surface area contributed by atoms with Crippen LogP contribution in [0.15, 0.2) is 24.3 Å². The molecule has 0 radical (unpaired) electrons. The first kappa shape index (κ1) is 16.0. The van der Waals surface area contributed by atoms with Gasteiger partial charge in [-0.1, -0.05) is 12.8 Å². The van der Waals surface area contributed by atoms with Crippen LogP contribution in [0.1, 0.15) is 42.5 Å². The molecule has 0 bridgehead atoms. The van der Waals surface area contributed by atoms with Gasteiger partial charge in [-0.25, -0.2) is 0 Å². The van der Waals surface area contributed by atoms with Crippen LogP contribution in [0.3, 0.4) is 0 Å². The maximum absolute atomic E-state index is 11.8. The fourth-order valence-electron chi connectivity index (χ4n) is 2.06. The van der Waals surface area contributed by atoms with Crippen LogP contribution in [-0.2, 0) is 9.59 Å². The monoisotopic (exact) mass is 304 g/mol. The van der Waals surface area contributed by atoms with E-state index < -0.39 is 5.97 Å². The summed E-state index contributed by atoms with van der Waals surface area (Å²) in [7, 11) is 0. The predicted molar refractivity (Wildman–Crippen MR) is 81.6 cm³/mol. The lowest BCUT2D eigenvalue weighted by atomic mass is 10.1. The van der Waals surface area contributed by atoms with Crippen LogP contribution in [0, 0.1) is 5.92 Å². The molecule has 0 aliphatic heterocycles. The van der Waals surface area contributed by atoms with Gasteiger partial charge >= 0.3 is 5.97 Å². The van der Waals surface area contributed by atoms with Gasteiger partial charge in [0, 0.05) is 24.2 Å². The summed E-state index contributed by atoms with van der Waals surface area (Å²) >= 11 is 0. The topological polar surface area (TPSA) is 95.5 Å². The molecular formula is C16H20N2O4. The number of carboxylic acid groups (broad SMARTS) is 1. The van der Waals surface area contributed by atoms with Crippen LogP contribution < -0.4 is 10.6 Å². The molecule has 1 aliphatic carbocycles. The highest BCUT2D eigenvalue weighted by Crippen LogP contribution is 2.33. The van der Waals surface area contributed by atoms with Gasteiger partial charge in [0.2, 0.25) is 5.91 Å². The van der Waals surface area contributed by atoms with Crippen LogP contribution in [0.25, 0.3) is 0 Å². The third kappa shape index (κ3) is 5.55. The molecule has 118 valence electrons. The van der Waals surface area contributed by atoms with E-state index in [9.17, 15) is 14.4 Å². The minimum absolute atomic E-state index is 0.00874. The normalized spacial score (nSPS) is 13.5. The summed E-state index contributed by atoms with van der Waals surface area (Å²) in [6.45, 7) is 0.0911. The Bertz CT molecular complexity index is 550. The number of nitrogens with one attached hydrogen (secondary N) is 2. The van der Waals surface area contributed by atoms with Gasteiger partial charge in [-0.3, -0.25) is 14.4 Å². The molecule has 1 aromatic carbocycles. The number of amides is 2. The molecule has 2 amide bonds. The molecule has 0 heterocycles. The lowest BCUT2D eigenvalue weighted by Gasteiger charge is -2.07. The van der Waals surface area contributed by atoms with Gasteiger partial charge in [-0.2, -0.15) is 0 Å². The van der Waals surface area contributed by atoms with E-state index in [1.165, 1.54) is 12.8 Å². The lowest BCUT2D eigenvalue weighted by Crippen LogP contribution is -2.25. The zero-order valence-electron chi connectivity index (χ0n) is 12.3. The lowest BCUT2D eigenvalue weighted by molar-refractivity contribution is -0.136. The Labute approximate surface area is 128 Å². The Hall–Kier alpha value is -2.37. The Morgan fingerprint density at radius 1 is 1.09 bits per heavy atom. The van der Waals surface area contributed by atoms with Crippen molar-refractivity contribution < 1.29 is 19.5 Å². The van der Waals surface area contributed by atoms with Crippen molar-refractivity contribution in [1.29, 1.82) is 0 Å². The van der Waals surface area contributed by atoms with E-state index in [0.717, 1.165) is 12.3 Å². The molecule has 1 fully saturated rings. The molecular weight excluding hydrogens is 284 g/mol. The maximum atomic E-state index is 11.8. The molecule has 22 heavy (non-hydrogen) atoms. The number of hydrogen-bond acceptors (Lipinski definition) is 3. The molecule has 0 saturated heterocycles. The summed E-state index contributed by atoms with van der Waals surface area (Å²) in [5.74, 6) is -0.564. The molecule has 0 spiro atoms. The number of aliphatic carboxylic acids is 1. The first-order valence-electron chi connectivity index (χ1n) is 7.44. The standard InChI is InChI=1S/C16H20N2O4/c19-14(8-3-11-1-2-11)18-13-6-4-12(5-7-13)16(22)17-10-9-15(20)21/h4-7,11H,1-3,8-10H2,(H,17,22)(H,18,19)(H,20,21). The number of hydrogen-bond donors (Lipinski definition) is 3. The Morgan fingerprint density at radius 2 is 1.77 bits per heavy atom. The fraction of sp³-hybridized carbons (Fsp3) is 0.438. The highest BCUT2D eigenvalue weighted by molar-refractivity contribution is 5.95. The molecule has 6 heteroatoms. The van der Waals surface area contributed by atoms with Gasteiger partial charge in [0.1, 0.15) is 0 Å². The quantitative estimate of drug-likeness (QED) is 0.684. The van der Waals surface area contributed by atoms with Gasteiger partial charge in [0.25, 0.3) is 5.91 Å². The van der Waals surface area contributed by atoms with Crippen LogP contribution in [0.5, 0.6) is 0 Å². The highest BCUT2D eigenvalue weighted by atomic mass is 16.4. The van der Waals surface area contributed by atoms with Gasteiger partial charge < -0.3 is 15.7 Å². The van der Waals surface area contributed by atoms with E-state index in [2.05, 4.69) is 10.6 Å². The van der Waals surface area contributed by atoms with Crippen molar-refractivity contribution in [2.24, 2.45) is 5.92 Å². The van der Waals surface area contributed by atoms with E-state index in [4.69, 9.17) is 5.11 Å². The third-order valence-corrected chi connectivity index (χ3v) is 3.53. The van der Waals surface area contributed by atoms with Crippen molar-refractivity contribution in [3.8, 4) is 0 Å². The van der Waals surface area contributed by atoms with Crippen molar-refractivity contribution in [2.45, 2.75) is 32.1 Å². The van der Waals surface area contributed by atoms with Gasteiger partial charge in [-0.05, 0) is 36.6 Å². The molecule has 3 N–H and O–H groups in total. The molecule has 2 rings (SSSR count). The zero-order chi connectivity index (χ0) is 15.9. The molecule has 0 atom stereocenters. The van der Waals surface area contributed by atoms with Crippen molar-refractivity contribution >= 4 is 23.5 Å². The van der Waals surface area contributed by atoms with Crippen molar-refractivity contribution in [3.63, 3.8) is 0 Å². The summed E-state index contributed by atoms with van der Waals surface area (Å²) in [4.78, 5) is 33.8. The highest BCUT2D eigenvalue weighted by Gasteiger charge is 2.21. The van der Waals surface area contributed by atoms with Crippen molar-refractivity contribution in [1.82, 2.24) is 5.32 Å². The Balaban J connectivity index is 1.77. The first-order chi connectivity index (χ1) is 10.5. The molecule has 0 aromatic heterocycles. The van der Waals surface area contributed by atoms with Gasteiger partial charge in [-0.15, -0.1) is 0 Å². The van der Waals surface area contributed by atoms with Gasteiger partial charge in [0.15, 0.2) is 0 Å². The van der Waals surface area contributed by atoms with Crippen LogP contribution in [-0.4, -0.2) is 29.4 Å². The second-order valence-electron chi connectivity index (χ2n) is 5.51. The number of anilines is 1. The molecule has 1 saturated carbocycles. The summed E-state index contributed by atoms with van der Waals surface area (Å²) < 4.78 is 0. The summed E-state index contributed by atoms with van der Waals surface area (Å²) in [5.41, 5.74) is 1.09. The maximum Gasteiger partial charge on any atom is 0.305 e. The SMILES string of the molecule is O=C(O)CCNC(=O)c1ccc(NC(=O)CCC2CC2)cc1. The molecule has 0 unspecified atom stereocenters. The van der Waals surface area contributed by atoms with Gasteiger partial charge in [0.05, 0.1) is 6.42 Å². The predicted octanol–water partition coefficient (Wildman–Crippen LogP) is 2.02. The van der Waals surface area contributed by atoms with E-state index in [1.807, 2.05) is 0 Å². The summed E-state index contributed by atoms with van der Waals surface area (Å²) in [6, 6.07) is 6.54. The smallest absolute Gasteiger partial charge is 0.305 e. The Morgan fingerprint density at radius 3 is 2.36 bits per heavy atom. The summed E-state index contributed by atoms with van der Waals surface area (Å²) in [5, 5.41) is 13.8. The van der Waals surface area contributed by atoms with Crippen molar-refractivity contribution in [2.75, 3.05) is 11.9 Å². The summed E-state index contributed by atoms with van der Waals surface area (Å²) in [6.07, 6.45) is 3.83. The largest absolute Gasteiger partial charge is 0.481 e. The zero-order valence-corrected chi connectivity index (χ0v) is 12.3. The van der Waals surface area contributed by atoms with E-state index in [-0.39, 0.29) is 24.8 Å². The van der Waals surface area contributed by atoms with Crippen LogP contribution >= 0.6 is 0 Å². The van der Waals surface area contributed by atoms with E-state index >= 15 is 0 Å². The number of carbonyl (C=O) groups excluding carboxylic acids is 2. The second-order valence-corrected chi connectivity index (χ2v) is 5.51. The Kier molecular flexibility index (Phi) is 5.52. The third-order valence-electron chi connectivity index (χ3n) is 3.53. The molecule has 6 nitrogen and oxygen atoms in total. The number of carboxylic acids is 1. The second kappa shape index (κ2) is 7.59. The number of rotatable bonds is 8. The number of benzene rings is 1.